The lowest BCUT2D eigenvalue weighted by molar-refractivity contribution is 0.340. The first-order chi connectivity index (χ1) is 8.70. The van der Waals surface area contributed by atoms with Crippen LogP contribution in [0.5, 0.6) is 5.75 Å². The zero-order valence-corrected chi connectivity index (χ0v) is 11.8. The molecule has 1 aromatic carbocycles. The van der Waals surface area contributed by atoms with E-state index >= 15 is 0 Å². The Bertz CT molecular complexity index is 358. The monoisotopic (exact) mass is 247 g/mol. The average Bonchev–Trinajstić information content (AvgIpc) is 3.10. The van der Waals surface area contributed by atoms with Crippen LogP contribution in [0, 0.1) is 11.8 Å². The van der Waals surface area contributed by atoms with Gasteiger partial charge in [-0.05, 0) is 61.9 Å². The van der Waals surface area contributed by atoms with Gasteiger partial charge in [-0.2, -0.15) is 0 Å². The van der Waals surface area contributed by atoms with Gasteiger partial charge in [0, 0.05) is 0 Å². The Labute approximate surface area is 111 Å². The van der Waals surface area contributed by atoms with Crippen molar-refractivity contribution in [1.82, 2.24) is 5.32 Å². The molecular weight excluding hydrogens is 222 g/mol. The molecule has 2 rings (SSSR count). The summed E-state index contributed by atoms with van der Waals surface area (Å²) in [6.07, 6.45) is 1.33. The van der Waals surface area contributed by atoms with E-state index in [9.17, 15) is 0 Å². The molecule has 1 saturated carbocycles. The van der Waals surface area contributed by atoms with Gasteiger partial charge in [0.25, 0.3) is 0 Å². The average molecular weight is 247 g/mol. The van der Waals surface area contributed by atoms with E-state index < -0.39 is 0 Å². The van der Waals surface area contributed by atoms with Crippen molar-refractivity contribution in [3.8, 4) is 5.75 Å². The summed E-state index contributed by atoms with van der Waals surface area (Å²) in [5.74, 6) is 3.33. The molecule has 1 aromatic rings. The van der Waals surface area contributed by atoms with Gasteiger partial charge in [0.15, 0.2) is 0 Å². The van der Waals surface area contributed by atoms with Crippen molar-refractivity contribution in [2.45, 2.75) is 33.1 Å². The van der Waals surface area contributed by atoms with Crippen LogP contribution in [-0.4, -0.2) is 19.7 Å². The Morgan fingerprint density at radius 1 is 1.28 bits per heavy atom. The van der Waals surface area contributed by atoms with Gasteiger partial charge in [0.2, 0.25) is 0 Å². The van der Waals surface area contributed by atoms with Gasteiger partial charge >= 0.3 is 0 Å². The van der Waals surface area contributed by atoms with Crippen LogP contribution in [0.15, 0.2) is 24.3 Å². The summed E-state index contributed by atoms with van der Waals surface area (Å²) in [5.41, 5.74) is 1.47. The van der Waals surface area contributed by atoms with Gasteiger partial charge in [-0.25, -0.2) is 0 Å². The smallest absolute Gasteiger partial charge is 0.119 e. The number of ether oxygens (including phenoxy) is 1. The van der Waals surface area contributed by atoms with Crippen LogP contribution in [0.2, 0.25) is 0 Å². The molecule has 0 heterocycles. The third kappa shape index (κ3) is 3.74. The fourth-order valence-electron chi connectivity index (χ4n) is 2.42. The highest BCUT2D eigenvalue weighted by Crippen LogP contribution is 2.47. The SMILES string of the molecule is CCOc1ccc(C2CC2CNCC(C)C)cc1. The molecule has 0 radical (unpaired) electrons. The molecule has 2 heteroatoms. The van der Waals surface area contributed by atoms with Gasteiger partial charge in [0.1, 0.15) is 5.75 Å². The van der Waals surface area contributed by atoms with Gasteiger partial charge < -0.3 is 10.1 Å². The molecule has 2 unspecified atom stereocenters. The lowest BCUT2D eigenvalue weighted by Crippen LogP contribution is -2.22. The normalized spacial score (nSPS) is 22.2. The summed E-state index contributed by atoms with van der Waals surface area (Å²) >= 11 is 0. The Hall–Kier alpha value is -1.02. The largest absolute Gasteiger partial charge is 0.494 e. The third-order valence-electron chi connectivity index (χ3n) is 3.50. The van der Waals surface area contributed by atoms with E-state index in [4.69, 9.17) is 4.74 Å². The van der Waals surface area contributed by atoms with Crippen molar-refractivity contribution in [3.63, 3.8) is 0 Å². The zero-order valence-electron chi connectivity index (χ0n) is 11.8. The molecule has 0 aromatic heterocycles. The van der Waals surface area contributed by atoms with Crippen molar-refractivity contribution < 1.29 is 4.74 Å². The van der Waals surface area contributed by atoms with E-state index in [0.29, 0.717) is 0 Å². The molecule has 1 N–H and O–H groups in total. The van der Waals surface area contributed by atoms with E-state index in [1.165, 1.54) is 12.0 Å². The van der Waals surface area contributed by atoms with Crippen molar-refractivity contribution in [1.29, 1.82) is 0 Å². The standard InChI is InChI=1S/C16H25NO/c1-4-18-15-7-5-13(6-8-15)16-9-14(16)11-17-10-12(2)3/h5-8,12,14,16-17H,4,9-11H2,1-3H3. The lowest BCUT2D eigenvalue weighted by atomic mass is 10.1. The summed E-state index contributed by atoms with van der Waals surface area (Å²) in [4.78, 5) is 0. The molecule has 0 amide bonds. The molecule has 0 aliphatic heterocycles. The van der Waals surface area contributed by atoms with Crippen LogP contribution >= 0.6 is 0 Å². The first-order valence-corrected chi connectivity index (χ1v) is 7.14. The quantitative estimate of drug-likeness (QED) is 0.797. The molecule has 18 heavy (non-hydrogen) atoms. The lowest BCUT2D eigenvalue weighted by Gasteiger charge is -2.07. The van der Waals surface area contributed by atoms with E-state index in [1.54, 1.807) is 0 Å². The van der Waals surface area contributed by atoms with Crippen LogP contribution < -0.4 is 10.1 Å². The molecule has 2 nitrogen and oxygen atoms in total. The Morgan fingerprint density at radius 2 is 2.00 bits per heavy atom. The molecule has 100 valence electrons. The van der Waals surface area contributed by atoms with E-state index in [2.05, 4.69) is 43.4 Å². The number of hydrogen-bond donors (Lipinski definition) is 1. The Kier molecular flexibility index (Phi) is 4.65. The Balaban J connectivity index is 1.76. The molecule has 1 aliphatic carbocycles. The number of benzene rings is 1. The third-order valence-corrected chi connectivity index (χ3v) is 3.50. The van der Waals surface area contributed by atoms with Gasteiger partial charge in [-0.1, -0.05) is 26.0 Å². The van der Waals surface area contributed by atoms with E-state index in [1.807, 2.05) is 6.92 Å². The van der Waals surface area contributed by atoms with Gasteiger partial charge in [-0.15, -0.1) is 0 Å². The summed E-state index contributed by atoms with van der Waals surface area (Å²) in [5, 5.41) is 3.55. The molecule has 0 spiro atoms. The minimum absolute atomic E-state index is 0.741. The van der Waals surface area contributed by atoms with E-state index in [-0.39, 0.29) is 0 Å². The summed E-state index contributed by atoms with van der Waals surface area (Å²) in [7, 11) is 0. The second-order valence-electron chi connectivity index (χ2n) is 5.66. The summed E-state index contributed by atoms with van der Waals surface area (Å²) < 4.78 is 5.47. The molecule has 2 atom stereocenters. The maximum absolute atomic E-state index is 5.47. The molecule has 0 bridgehead atoms. The minimum atomic E-state index is 0.741. The van der Waals surface area contributed by atoms with E-state index in [0.717, 1.165) is 43.2 Å². The highest BCUT2D eigenvalue weighted by atomic mass is 16.5. The highest BCUT2D eigenvalue weighted by Gasteiger charge is 2.37. The number of rotatable bonds is 7. The molecule has 1 fully saturated rings. The topological polar surface area (TPSA) is 21.3 Å². The predicted octanol–water partition coefficient (Wildman–Crippen LogP) is 3.43. The zero-order chi connectivity index (χ0) is 13.0. The van der Waals surface area contributed by atoms with Gasteiger partial charge in [0.05, 0.1) is 6.61 Å². The predicted molar refractivity (Wildman–Crippen MR) is 76.2 cm³/mol. The van der Waals surface area contributed by atoms with Crippen LogP contribution in [0.25, 0.3) is 0 Å². The second-order valence-corrected chi connectivity index (χ2v) is 5.66. The fraction of sp³-hybridized carbons (Fsp3) is 0.625. The maximum atomic E-state index is 5.47. The number of nitrogens with one attached hydrogen (secondary N) is 1. The molecular formula is C16H25NO. The van der Waals surface area contributed by atoms with Gasteiger partial charge in [-0.3, -0.25) is 0 Å². The van der Waals surface area contributed by atoms with Crippen molar-refractivity contribution in [2.24, 2.45) is 11.8 Å². The van der Waals surface area contributed by atoms with Crippen LogP contribution in [0.3, 0.4) is 0 Å². The van der Waals surface area contributed by atoms with Crippen LogP contribution in [0.1, 0.15) is 38.7 Å². The minimum Gasteiger partial charge on any atom is -0.494 e. The van der Waals surface area contributed by atoms with Crippen LogP contribution in [-0.2, 0) is 0 Å². The summed E-state index contributed by atoms with van der Waals surface area (Å²) in [6.45, 7) is 9.56. The first-order valence-electron chi connectivity index (χ1n) is 7.14. The maximum Gasteiger partial charge on any atom is 0.119 e. The molecule has 1 aliphatic rings. The second kappa shape index (κ2) is 6.24. The fourth-order valence-corrected chi connectivity index (χ4v) is 2.42. The number of hydrogen-bond acceptors (Lipinski definition) is 2. The Morgan fingerprint density at radius 3 is 2.61 bits per heavy atom. The van der Waals surface area contributed by atoms with Crippen molar-refractivity contribution in [3.05, 3.63) is 29.8 Å². The molecule has 0 saturated heterocycles. The van der Waals surface area contributed by atoms with Crippen molar-refractivity contribution >= 4 is 0 Å². The summed E-state index contributed by atoms with van der Waals surface area (Å²) in [6, 6.07) is 8.63. The first kappa shape index (κ1) is 13.4. The highest BCUT2D eigenvalue weighted by molar-refractivity contribution is 5.32. The van der Waals surface area contributed by atoms with Crippen LogP contribution in [0.4, 0.5) is 0 Å². The van der Waals surface area contributed by atoms with Crippen molar-refractivity contribution in [2.75, 3.05) is 19.7 Å².